The molecule has 0 bridgehead atoms. The molecule has 0 atom stereocenters. The third-order valence-corrected chi connectivity index (χ3v) is 2.54. The first-order chi connectivity index (χ1) is 8.65. The highest BCUT2D eigenvalue weighted by Gasteiger charge is 2.15. The summed E-state index contributed by atoms with van der Waals surface area (Å²) in [7, 11) is 1.80. The van der Waals surface area contributed by atoms with Gasteiger partial charge in [0.1, 0.15) is 0 Å². The third-order valence-electron chi connectivity index (χ3n) is 2.54. The lowest BCUT2D eigenvalue weighted by Crippen LogP contribution is -2.35. The number of anilines is 1. The Bertz CT molecular complexity index is 392. The lowest BCUT2D eigenvalue weighted by molar-refractivity contribution is -0.119. The molecule has 0 saturated heterocycles. The van der Waals surface area contributed by atoms with Crippen molar-refractivity contribution < 1.29 is 9.59 Å². The van der Waals surface area contributed by atoms with E-state index >= 15 is 0 Å². The van der Waals surface area contributed by atoms with Gasteiger partial charge in [-0.15, -0.1) is 0 Å². The molecule has 5 nitrogen and oxygen atoms in total. The van der Waals surface area contributed by atoms with Gasteiger partial charge in [-0.2, -0.15) is 0 Å². The number of nitrogens with two attached hydrogens (primary N) is 1. The van der Waals surface area contributed by atoms with Crippen molar-refractivity contribution in [3.63, 3.8) is 0 Å². The maximum absolute atomic E-state index is 12.0. The normalized spacial score (nSPS) is 10.1. The molecule has 1 aromatic carbocycles. The SMILES string of the molecule is CNCCC(=O)N(CCC(N)=O)c1ccccc1. The molecule has 5 heteroatoms. The second kappa shape index (κ2) is 7.45. The van der Waals surface area contributed by atoms with Crippen molar-refractivity contribution in [3.8, 4) is 0 Å². The molecule has 0 spiro atoms. The number of para-hydroxylation sites is 1. The standard InChI is InChI=1S/C13H19N3O2/c1-15-9-7-13(18)16(10-8-12(14)17)11-5-3-2-4-6-11/h2-6,15H,7-10H2,1H3,(H2,14,17). The predicted molar refractivity (Wildman–Crippen MR) is 71.2 cm³/mol. The molecule has 3 N–H and O–H groups in total. The highest BCUT2D eigenvalue weighted by molar-refractivity contribution is 5.94. The molecule has 0 aromatic heterocycles. The second-order valence-corrected chi connectivity index (χ2v) is 3.95. The van der Waals surface area contributed by atoms with Gasteiger partial charge >= 0.3 is 0 Å². The summed E-state index contributed by atoms with van der Waals surface area (Å²) in [4.78, 5) is 24.5. The second-order valence-electron chi connectivity index (χ2n) is 3.95. The van der Waals surface area contributed by atoms with E-state index in [0.717, 1.165) is 5.69 Å². The average molecular weight is 249 g/mol. The number of rotatable bonds is 7. The minimum Gasteiger partial charge on any atom is -0.370 e. The Labute approximate surface area is 107 Å². The van der Waals surface area contributed by atoms with E-state index < -0.39 is 5.91 Å². The maximum Gasteiger partial charge on any atom is 0.228 e. The number of hydrogen-bond donors (Lipinski definition) is 2. The largest absolute Gasteiger partial charge is 0.370 e. The van der Waals surface area contributed by atoms with E-state index in [9.17, 15) is 9.59 Å². The van der Waals surface area contributed by atoms with Gasteiger partial charge in [-0.1, -0.05) is 18.2 Å². The Morgan fingerprint density at radius 1 is 1.22 bits per heavy atom. The smallest absolute Gasteiger partial charge is 0.228 e. The number of nitrogens with one attached hydrogen (secondary N) is 1. The molecule has 2 amide bonds. The van der Waals surface area contributed by atoms with Crippen LogP contribution in [-0.2, 0) is 9.59 Å². The Hall–Kier alpha value is -1.88. The van der Waals surface area contributed by atoms with Crippen molar-refractivity contribution in [2.24, 2.45) is 5.73 Å². The van der Waals surface area contributed by atoms with Crippen LogP contribution in [0.5, 0.6) is 0 Å². The Kier molecular flexibility index (Phi) is 5.87. The molecule has 0 heterocycles. The fraction of sp³-hybridized carbons (Fsp3) is 0.385. The molecule has 1 aromatic rings. The topological polar surface area (TPSA) is 75.4 Å². The van der Waals surface area contributed by atoms with Crippen molar-refractivity contribution in [2.75, 3.05) is 25.0 Å². The van der Waals surface area contributed by atoms with Crippen LogP contribution in [0.15, 0.2) is 30.3 Å². The van der Waals surface area contributed by atoms with Crippen molar-refractivity contribution in [1.29, 1.82) is 0 Å². The van der Waals surface area contributed by atoms with Crippen LogP contribution in [0.25, 0.3) is 0 Å². The van der Waals surface area contributed by atoms with Gasteiger partial charge in [0.25, 0.3) is 0 Å². The van der Waals surface area contributed by atoms with Gasteiger partial charge in [0.15, 0.2) is 0 Å². The van der Waals surface area contributed by atoms with Crippen molar-refractivity contribution in [1.82, 2.24) is 5.32 Å². The molecular weight excluding hydrogens is 230 g/mol. The van der Waals surface area contributed by atoms with Crippen molar-refractivity contribution in [2.45, 2.75) is 12.8 Å². The molecule has 0 saturated carbocycles. The Morgan fingerprint density at radius 2 is 1.89 bits per heavy atom. The van der Waals surface area contributed by atoms with Gasteiger partial charge in [0.2, 0.25) is 11.8 Å². The zero-order valence-corrected chi connectivity index (χ0v) is 10.6. The molecule has 0 fully saturated rings. The van der Waals surface area contributed by atoms with Crippen LogP contribution in [0.2, 0.25) is 0 Å². The highest BCUT2D eigenvalue weighted by atomic mass is 16.2. The molecule has 0 aliphatic rings. The van der Waals surface area contributed by atoms with Crippen molar-refractivity contribution >= 4 is 17.5 Å². The summed E-state index contributed by atoms with van der Waals surface area (Å²) >= 11 is 0. The fourth-order valence-corrected chi connectivity index (χ4v) is 1.59. The monoisotopic (exact) mass is 249 g/mol. The van der Waals surface area contributed by atoms with Crippen molar-refractivity contribution in [3.05, 3.63) is 30.3 Å². The number of primary amides is 1. The van der Waals surface area contributed by atoms with Crippen LogP contribution in [0, 0.1) is 0 Å². The summed E-state index contributed by atoms with van der Waals surface area (Å²) < 4.78 is 0. The molecule has 0 unspecified atom stereocenters. The summed E-state index contributed by atoms with van der Waals surface area (Å²) in [6, 6.07) is 9.29. The van der Waals surface area contributed by atoms with Gasteiger partial charge in [0, 0.05) is 31.6 Å². The first kappa shape index (κ1) is 14.2. The number of carbonyl (C=O) groups excluding carboxylic acids is 2. The van der Waals surface area contributed by atoms with Gasteiger partial charge < -0.3 is 16.0 Å². The van der Waals surface area contributed by atoms with Crippen LogP contribution in [0.4, 0.5) is 5.69 Å². The average Bonchev–Trinajstić information content (AvgIpc) is 2.37. The van der Waals surface area contributed by atoms with E-state index in [4.69, 9.17) is 5.73 Å². The van der Waals surface area contributed by atoms with Gasteiger partial charge in [-0.25, -0.2) is 0 Å². The molecule has 0 aliphatic carbocycles. The fourth-order valence-electron chi connectivity index (χ4n) is 1.59. The van der Waals surface area contributed by atoms with E-state index in [0.29, 0.717) is 19.5 Å². The summed E-state index contributed by atoms with van der Waals surface area (Å²) in [6.45, 7) is 0.931. The molecule has 18 heavy (non-hydrogen) atoms. The van der Waals surface area contributed by atoms with E-state index in [1.165, 1.54) is 0 Å². The summed E-state index contributed by atoms with van der Waals surface area (Å²) in [5, 5.41) is 2.93. The van der Waals surface area contributed by atoms with E-state index in [1.807, 2.05) is 30.3 Å². The summed E-state index contributed by atoms with van der Waals surface area (Å²) in [5.41, 5.74) is 5.92. The molecule has 0 aliphatic heterocycles. The van der Waals surface area contributed by atoms with Gasteiger partial charge in [0.05, 0.1) is 0 Å². The number of benzene rings is 1. The third kappa shape index (κ3) is 4.55. The zero-order valence-electron chi connectivity index (χ0n) is 10.6. The maximum atomic E-state index is 12.0. The molecule has 0 radical (unpaired) electrons. The highest BCUT2D eigenvalue weighted by Crippen LogP contribution is 2.14. The summed E-state index contributed by atoms with van der Waals surface area (Å²) in [5.74, 6) is -0.422. The van der Waals surface area contributed by atoms with Crippen LogP contribution in [0.1, 0.15) is 12.8 Å². The van der Waals surface area contributed by atoms with Crippen LogP contribution < -0.4 is 16.0 Å². The van der Waals surface area contributed by atoms with Crippen LogP contribution in [0.3, 0.4) is 0 Å². The van der Waals surface area contributed by atoms with E-state index in [1.54, 1.807) is 11.9 Å². The predicted octanol–water partition coefficient (Wildman–Crippen LogP) is 0.505. The number of carbonyl (C=O) groups is 2. The minimum absolute atomic E-state index is 0.0169. The Morgan fingerprint density at radius 3 is 2.44 bits per heavy atom. The minimum atomic E-state index is -0.405. The molecule has 98 valence electrons. The number of amides is 2. The lowest BCUT2D eigenvalue weighted by Gasteiger charge is -2.22. The lowest BCUT2D eigenvalue weighted by atomic mass is 10.2. The van der Waals surface area contributed by atoms with Gasteiger partial charge in [-0.05, 0) is 19.2 Å². The number of hydrogen-bond acceptors (Lipinski definition) is 3. The molecule has 1 rings (SSSR count). The molecular formula is C13H19N3O2. The van der Waals surface area contributed by atoms with Crippen LogP contribution >= 0.6 is 0 Å². The first-order valence-electron chi connectivity index (χ1n) is 5.93. The Balaban J connectivity index is 2.74. The first-order valence-corrected chi connectivity index (χ1v) is 5.93. The zero-order chi connectivity index (χ0) is 13.4. The van der Waals surface area contributed by atoms with Gasteiger partial charge in [-0.3, -0.25) is 9.59 Å². The van der Waals surface area contributed by atoms with E-state index in [-0.39, 0.29) is 12.3 Å². The number of nitrogens with zero attached hydrogens (tertiary/aromatic N) is 1. The van der Waals surface area contributed by atoms with Crippen LogP contribution in [-0.4, -0.2) is 32.0 Å². The quantitative estimate of drug-likeness (QED) is 0.739. The van der Waals surface area contributed by atoms with E-state index in [2.05, 4.69) is 5.32 Å². The summed E-state index contributed by atoms with van der Waals surface area (Å²) in [6.07, 6.45) is 0.560.